The number of fused-ring (bicyclic) bond motifs is 1. The summed E-state index contributed by atoms with van der Waals surface area (Å²) in [7, 11) is 0. The number of carbonyl (C=O) groups excluding carboxylic acids is 2. The maximum atomic E-state index is 15.2. The summed E-state index contributed by atoms with van der Waals surface area (Å²) in [5.41, 5.74) is 2.43. The van der Waals surface area contributed by atoms with Crippen LogP contribution in [0, 0.1) is 18.7 Å². The summed E-state index contributed by atoms with van der Waals surface area (Å²) in [6.45, 7) is 10.8. The fraction of sp³-hybridized carbons (Fsp3) is 0.444. The number of hydrogen-bond donors (Lipinski definition) is 0. The Bertz CT molecular complexity index is 1250. The quantitative estimate of drug-likeness (QED) is 0.444. The van der Waals surface area contributed by atoms with Crippen molar-refractivity contribution in [3.05, 3.63) is 47.8 Å². The van der Waals surface area contributed by atoms with Crippen LogP contribution in [-0.4, -0.2) is 46.9 Å². The van der Waals surface area contributed by atoms with Gasteiger partial charge in [0.2, 0.25) is 0 Å². The number of aromatic nitrogens is 2. The summed E-state index contributed by atoms with van der Waals surface area (Å²) in [6, 6.07) is 10.4. The van der Waals surface area contributed by atoms with Crippen LogP contribution in [0.5, 0.6) is 0 Å². The molecule has 0 aliphatic carbocycles. The average molecular weight is 482 g/mol. The van der Waals surface area contributed by atoms with Crippen molar-refractivity contribution in [3.8, 4) is 11.4 Å². The molecule has 0 N–H and O–H groups in total. The molecule has 7 nitrogen and oxygen atoms in total. The number of ether oxygens (including phenoxy) is 2. The van der Waals surface area contributed by atoms with Gasteiger partial charge in [-0.05, 0) is 83.4 Å². The lowest BCUT2D eigenvalue weighted by molar-refractivity contribution is -0.148. The van der Waals surface area contributed by atoms with Crippen molar-refractivity contribution in [2.45, 2.75) is 53.1 Å². The summed E-state index contributed by atoms with van der Waals surface area (Å²) in [5, 5.41) is 0. The van der Waals surface area contributed by atoms with Gasteiger partial charge in [-0.15, -0.1) is 0 Å². The second-order valence-corrected chi connectivity index (χ2v) is 9.92. The van der Waals surface area contributed by atoms with Crippen LogP contribution in [0.3, 0.4) is 0 Å². The summed E-state index contributed by atoms with van der Waals surface area (Å²) < 4.78 is 27.3. The lowest BCUT2D eigenvalue weighted by Gasteiger charge is -2.32. The number of carbonyl (C=O) groups is 2. The zero-order valence-corrected chi connectivity index (χ0v) is 20.9. The molecule has 1 aliphatic heterocycles. The molecule has 0 saturated carbocycles. The summed E-state index contributed by atoms with van der Waals surface area (Å²) in [4.78, 5) is 32.0. The van der Waals surface area contributed by atoms with Crippen LogP contribution in [0.1, 0.15) is 46.1 Å². The predicted molar refractivity (Wildman–Crippen MR) is 133 cm³/mol. The molecular formula is C27H32FN3O4. The van der Waals surface area contributed by atoms with Crippen molar-refractivity contribution < 1.29 is 23.5 Å². The Hall–Kier alpha value is -3.42. The van der Waals surface area contributed by atoms with E-state index in [1.807, 2.05) is 19.1 Å². The molecule has 1 saturated heterocycles. The number of imidazole rings is 1. The molecule has 1 fully saturated rings. The third kappa shape index (κ3) is 5.31. The molecule has 0 spiro atoms. The molecule has 35 heavy (non-hydrogen) atoms. The number of hydrogen-bond acceptors (Lipinski definition) is 6. The van der Waals surface area contributed by atoms with Crippen molar-refractivity contribution in [1.82, 2.24) is 9.55 Å². The van der Waals surface area contributed by atoms with Crippen LogP contribution in [0.2, 0.25) is 0 Å². The van der Waals surface area contributed by atoms with Gasteiger partial charge in [0.05, 0.1) is 29.1 Å². The first-order valence-corrected chi connectivity index (χ1v) is 12.0. The third-order valence-electron chi connectivity index (χ3n) is 6.06. The molecule has 8 heteroatoms. The van der Waals surface area contributed by atoms with Gasteiger partial charge in [-0.2, -0.15) is 0 Å². The summed E-state index contributed by atoms with van der Waals surface area (Å²) in [5.74, 6) is -0.563. The van der Waals surface area contributed by atoms with Crippen LogP contribution in [0.25, 0.3) is 22.4 Å². The van der Waals surface area contributed by atoms with E-state index in [1.165, 1.54) is 10.6 Å². The molecule has 0 radical (unpaired) electrons. The van der Waals surface area contributed by atoms with Gasteiger partial charge in [-0.25, -0.2) is 18.7 Å². The normalized spacial score (nSPS) is 14.9. The first kappa shape index (κ1) is 24.7. The number of aryl methyl sites for hydroxylation is 1. The highest BCUT2D eigenvalue weighted by Crippen LogP contribution is 2.33. The number of esters is 1. The topological polar surface area (TPSA) is 73.7 Å². The van der Waals surface area contributed by atoms with Crippen LogP contribution < -0.4 is 4.90 Å². The van der Waals surface area contributed by atoms with Crippen molar-refractivity contribution in [3.63, 3.8) is 0 Å². The van der Waals surface area contributed by atoms with E-state index in [9.17, 15) is 9.59 Å². The second-order valence-electron chi connectivity index (χ2n) is 9.92. The first-order chi connectivity index (χ1) is 16.6. The van der Waals surface area contributed by atoms with E-state index in [4.69, 9.17) is 9.47 Å². The number of piperidine rings is 1. The molecule has 1 aliphatic rings. The van der Waals surface area contributed by atoms with Gasteiger partial charge in [-0.1, -0.05) is 6.07 Å². The Morgan fingerprint density at radius 2 is 1.83 bits per heavy atom. The zero-order valence-electron chi connectivity index (χ0n) is 20.9. The van der Waals surface area contributed by atoms with Crippen molar-refractivity contribution >= 4 is 28.8 Å². The molecule has 3 aromatic rings. The minimum atomic E-state index is -0.723. The van der Waals surface area contributed by atoms with Gasteiger partial charge in [0.15, 0.2) is 5.82 Å². The number of halogens is 1. The minimum Gasteiger partial charge on any atom is -0.466 e. The standard InChI is InChI=1S/C27H32FN3O4/c1-6-34-25(32)18-11-13-30(14-12-18)19-8-9-21(28)20(16-19)24-29-22-15-17(2)7-10-23(22)31(24)26(33)35-27(3,4)5/h7-10,15-16,18H,6,11-14H2,1-5H3. The molecule has 2 heterocycles. The Kier molecular flexibility index (Phi) is 6.83. The van der Waals surface area contributed by atoms with E-state index in [0.29, 0.717) is 43.6 Å². The smallest absolute Gasteiger partial charge is 0.420 e. The number of rotatable bonds is 4. The second kappa shape index (κ2) is 9.68. The summed E-state index contributed by atoms with van der Waals surface area (Å²) in [6.07, 6.45) is 0.724. The van der Waals surface area contributed by atoms with Gasteiger partial charge in [0.25, 0.3) is 0 Å². The molecule has 0 bridgehead atoms. The van der Waals surface area contributed by atoms with Gasteiger partial charge in [0, 0.05) is 18.8 Å². The molecule has 1 aromatic heterocycles. The van der Waals surface area contributed by atoms with Crippen LogP contribution in [0.4, 0.5) is 14.9 Å². The highest BCUT2D eigenvalue weighted by molar-refractivity contribution is 5.92. The Balaban J connectivity index is 1.71. The minimum absolute atomic E-state index is 0.120. The third-order valence-corrected chi connectivity index (χ3v) is 6.06. The largest absolute Gasteiger partial charge is 0.466 e. The van der Waals surface area contributed by atoms with Gasteiger partial charge in [0.1, 0.15) is 11.4 Å². The summed E-state index contributed by atoms with van der Waals surface area (Å²) >= 11 is 0. The monoisotopic (exact) mass is 481 g/mol. The van der Waals surface area contributed by atoms with Crippen molar-refractivity contribution in [1.29, 1.82) is 0 Å². The zero-order chi connectivity index (χ0) is 25.3. The Morgan fingerprint density at radius 1 is 1.11 bits per heavy atom. The number of nitrogens with zero attached hydrogens (tertiary/aromatic N) is 3. The van der Waals surface area contributed by atoms with Gasteiger partial charge < -0.3 is 14.4 Å². The SMILES string of the molecule is CCOC(=O)C1CCN(c2ccc(F)c(-c3nc4cc(C)ccc4n3C(=O)OC(C)(C)C)c2)CC1. The maximum Gasteiger partial charge on any atom is 0.420 e. The van der Waals surface area contributed by atoms with Crippen molar-refractivity contribution in [2.75, 3.05) is 24.6 Å². The maximum absolute atomic E-state index is 15.2. The van der Waals surface area contributed by atoms with E-state index in [1.54, 1.807) is 45.9 Å². The van der Waals surface area contributed by atoms with E-state index in [0.717, 1.165) is 11.3 Å². The lowest BCUT2D eigenvalue weighted by atomic mass is 9.96. The highest BCUT2D eigenvalue weighted by atomic mass is 19.1. The van der Waals surface area contributed by atoms with Gasteiger partial charge >= 0.3 is 12.1 Å². The van der Waals surface area contributed by atoms with E-state index in [2.05, 4.69) is 9.88 Å². The molecule has 2 aromatic carbocycles. The van der Waals surface area contributed by atoms with Gasteiger partial charge in [-0.3, -0.25) is 4.79 Å². The molecule has 0 amide bonds. The lowest BCUT2D eigenvalue weighted by Crippen LogP contribution is -2.37. The fourth-order valence-electron chi connectivity index (χ4n) is 4.38. The molecule has 0 unspecified atom stereocenters. The predicted octanol–water partition coefficient (Wildman–Crippen LogP) is 5.71. The number of benzene rings is 2. The molecular weight excluding hydrogens is 449 g/mol. The average Bonchev–Trinajstić information content (AvgIpc) is 3.17. The first-order valence-electron chi connectivity index (χ1n) is 12.0. The Morgan fingerprint density at radius 3 is 2.49 bits per heavy atom. The van der Waals surface area contributed by atoms with E-state index in [-0.39, 0.29) is 23.3 Å². The highest BCUT2D eigenvalue weighted by Gasteiger charge is 2.28. The van der Waals surface area contributed by atoms with E-state index >= 15 is 4.39 Å². The molecule has 186 valence electrons. The van der Waals surface area contributed by atoms with Crippen molar-refractivity contribution in [2.24, 2.45) is 5.92 Å². The molecule has 4 rings (SSSR count). The van der Waals surface area contributed by atoms with Crippen LogP contribution in [-0.2, 0) is 14.3 Å². The van der Waals surface area contributed by atoms with Crippen LogP contribution in [0.15, 0.2) is 36.4 Å². The fourth-order valence-corrected chi connectivity index (χ4v) is 4.38. The molecule has 0 atom stereocenters. The number of anilines is 1. The van der Waals surface area contributed by atoms with Crippen LogP contribution >= 0.6 is 0 Å². The van der Waals surface area contributed by atoms with E-state index < -0.39 is 17.5 Å². The Labute approximate surface area is 204 Å².